The number of rotatable bonds is 11. The van der Waals surface area contributed by atoms with Gasteiger partial charge in [-0.25, -0.2) is 4.68 Å². The number of ether oxygens (including phenoxy) is 2. The van der Waals surface area contributed by atoms with E-state index in [1.54, 1.807) is 7.11 Å². The van der Waals surface area contributed by atoms with Crippen molar-refractivity contribution in [1.82, 2.24) is 14.7 Å². The van der Waals surface area contributed by atoms with Crippen LogP contribution in [0, 0.1) is 0 Å². The van der Waals surface area contributed by atoms with E-state index in [9.17, 15) is 4.79 Å². The Morgan fingerprint density at radius 1 is 0.976 bits per heavy atom. The lowest BCUT2D eigenvalue weighted by atomic mass is 10.0. The lowest BCUT2D eigenvalue weighted by molar-refractivity contribution is -0.110. The fourth-order valence-electron chi connectivity index (χ4n) is 4.94. The molecule has 0 saturated carbocycles. The molecule has 1 aromatic heterocycles. The highest BCUT2D eigenvalue weighted by Gasteiger charge is 2.24. The van der Waals surface area contributed by atoms with Gasteiger partial charge in [-0.1, -0.05) is 56.0 Å². The van der Waals surface area contributed by atoms with E-state index in [2.05, 4.69) is 92.5 Å². The first-order valence-corrected chi connectivity index (χ1v) is 18.0. The third-order valence-electron chi connectivity index (χ3n) is 7.25. The molecule has 4 aromatic rings. The first-order valence-electron chi connectivity index (χ1n) is 14.3. The summed E-state index contributed by atoms with van der Waals surface area (Å²) in [7, 11) is 4.57. The molecule has 0 saturated heterocycles. The maximum atomic E-state index is 12.9. The molecule has 2 heterocycles. The molecule has 1 aliphatic rings. The molecule has 8 heteroatoms. The fraction of sp³-hybridized carbons (Fsp3) is 0.294. The van der Waals surface area contributed by atoms with E-state index in [4.69, 9.17) is 14.6 Å². The zero-order valence-electron chi connectivity index (χ0n) is 25.4. The fourth-order valence-corrected chi connectivity index (χ4v) is 5.69. The quantitative estimate of drug-likeness (QED) is 0.117. The highest BCUT2D eigenvalue weighted by Crippen LogP contribution is 2.36. The van der Waals surface area contributed by atoms with Crippen molar-refractivity contribution in [3.63, 3.8) is 0 Å². The number of methoxy groups -OCH3 is 1. The van der Waals surface area contributed by atoms with Gasteiger partial charge < -0.3 is 19.7 Å². The number of aromatic nitrogens is 2. The van der Waals surface area contributed by atoms with Gasteiger partial charge in [0.05, 0.1) is 18.3 Å². The van der Waals surface area contributed by atoms with Crippen molar-refractivity contribution >= 4 is 54.4 Å². The zero-order chi connectivity index (χ0) is 29.9. The number of hydrogen-bond acceptors (Lipinski definition) is 5. The second kappa shape index (κ2) is 12.5. The number of hydrogen-bond donors (Lipinski definition) is 1. The Bertz CT molecular complexity index is 1650. The van der Waals surface area contributed by atoms with E-state index in [1.165, 1.54) is 5.56 Å². The van der Waals surface area contributed by atoms with Gasteiger partial charge in [0.1, 0.15) is 12.5 Å². The summed E-state index contributed by atoms with van der Waals surface area (Å²) in [6.45, 7) is 9.04. The molecule has 0 radical (unpaired) electrons. The molecule has 1 amide bonds. The Morgan fingerprint density at radius 3 is 2.45 bits per heavy atom. The third kappa shape index (κ3) is 7.07. The van der Waals surface area contributed by atoms with Gasteiger partial charge in [0.15, 0.2) is 0 Å². The average molecular weight is 581 g/mol. The summed E-state index contributed by atoms with van der Waals surface area (Å²) >= 11 is 0. The maximum absolute atomic E-state index is 12.9. The number of anilines is 1. The lowest BCUT2D eigenvalue weighted by Gasteiger charge is -2.15. The number of amides is 1. The standard InChI is InChI=1S/C34H40N4O3Si/c1-37(2)22-25-9-7-24(8-10-25)12-15-32-28-14-11-26(20-33(28)38(36-32)23-41-17-18-42(4,5)6)19-30-29-21-27(40-3)13-16-31(29)35-34(30)39/h7-16,19-21H,17-18,22-23H2,1-6H3,(H,35,39)/b15-12+,30-19+. The molecule has 218 valence electrons. The highest BCUT2D eigenvalue weighted by molar-refractivity contribution is 6.76. The van der Waals surface area contributed by atoms with Crippen LogP contribution in [-0.2, 0) is 22.8 Å². The van der Waals surface area contributed by atoms with Crippen molar-refractivity contribution < 1.29 is 14.3 Å². The van der Waals surface area contributed by atoms with Crippen LogP contribution in [0.25, 0.3) is 34.7 Å². The summed E-state index contributed by atoms with van der Waals surface area (Å²) in [4.78, 5) is 15.0. The molecule has 1 N–H and O–H groups in total. The Hall–Kier alpha value is -3.98. The van der Waals surface area contributed by atoms with Crippen molar-refractivity contribution in [2.45, 2.75) is 39.0 Å². The van der Waals surface area contributed by atoms with Crippen LogP contribution < -0.4 is 10.1 Å². The Morgan fingerprint density at radius 2 is 1.74 bits per heavy atom. The predicted octanol–water partition coefficient (Wildman–Crippen LogP) is 7.08. The minimum Gasteiger partial charge on any atom is -0.497 e. The Labute approximate surface area is 249 Å². The molecule has 1 aliphatic heterocycles. The summed E-state index contributed by atoms with van der Waals surface area (Å²) in [5.41, 5.74) is 7.39. The van der Waals surface area contributed by atoms with E-state index in [-0.39, 0.29) is 5.91 Å². The van der Waals surface area contributed by atoms with Gasteiger partial charge in [0, 0.05) is 43.4 Å². The van der Waals surface area contributed by atoms with Gasteiger partial charge in [-0.05, 0) is 79.3 Å². The molecule has 5 rings (SSSR count). The summed E-state index contributed by atoms with van der Waals surface area (Å²) in [6, 6.07) is 21.5. The smallest absolute Gasteiger partial charge is 0.256 e. The molecular weight excluding hydrogens is 540 g/mol. The second-order valence-electron chi connectivity index (χ2n) is 12.2. The van der Waals surface area contributed by atoms with Crippen LogP contribution in [0.3, 0.4) is 0 Å². The van der Waals surface area contributed by atoms with Crippen LogP contribution in [0.1, 0.15) is 27.9 Å². The number of carbonyl (C=O) groups excluding carboxylic acids is 1. The van der Waals surface area contributed by atoms with Crippen molar-refractivity contribution in [1.29, 1.82) is 0 Å². The summed E-state index contributed by atoms with van der Waals surface area (Å²) < 4.78 is 13.4. The van der Waals surface area contributed by atoms with Gasteiger partial charge in [0.2, 0.25) is 0 Å². The Balaban J connectivity index is 1.47. The SMILES string of the molecule is COc1ccc2c(c1)/C(=C\c1ccc3c(/C=C/c4ccc(CN(C)C)cc4)nn(COCC[Si](C)(C)C)c3c1)C(=O)N2. The molecule has 0 aliphatic carbocycles. The minimum atomic E-state index is -1.20. The molecule has 0 atom stereocenters. The number of nitrogens with one attached hydrogen (secondary N) is 1. The minimum absolute atomic E-state index is 0.123. The molecule has 3 aromatic carbocycles. The predicted molar refractivity (Wildman–Crippen MR) is 176 cm³/mol. The molecule has 7 nitrogen and oxygen atoms in total. The molecule has 0 fully saturated rings. The highest BCUT2D eigenvalue weighted by atomic mass is 28.3. The molecule has 42 heavy (non-hydrogen) atoms. The summed E-state index contributed by atoms with van der Waals surface area (Å²) in [5, 5.41) is 8.92. The van der Waals surface area contributed by atoms with E-state index in [1.807, 2.05) is 35.0 Å². The lowest BCUT2D eigenvalue weighted by Crippen LogP contribution is -2.22. The van der Waals surface area contributed by atoms with Crippen molar-refractivity contribution in [2.75, 3.05) is 33.1 Å². The Kier molecular flexibility index (Phi) is 8.77. The number of nitrogens with zero attached hydrogens (tertiary/aromatic N) is 3. The first kappa shape index (κ1) is 29.5. The van der Waals surface area contributed by atoms with Crippen LogP contribution in [0.5, 0.6) is 5.75 Å². The van der Waals surface area contributed by atoms with Gasteiger partial charge in [-0.3, -0.25) is 4.79 Å². The van der Waals surface area contributed by atoms with Crippen molar-refractivity contribution in [3.05, 3.63) is 88.6 Å². The first-order chi connectivity index (χ1) is 20.1. The normalized spacial score (nSPS) is 14.4. The van der Waals surface area contributed by atoms with E-state index < -0.39 is 8.07 Å². The number of fused-ring (bicyclic) bond motifs is 2. The van der Waals surface area contributed by atoms with E-state index in [0.717, 1.165) is 51.6 Å². The van der Waals surface area contributed by atoms with Crippen LogP contribution in [-0.4, -0.2) is 56.5 Å². The average Bonchev–Trinajstić information content (AvgIpc) is 3.45. The molecular formula is C34H40N4O3Si. The van der Waals surface area contributed by atoms with E-state index in [0.29, 0.717) is 24.7 Å². The monoisotopic (exact) mass is 580 g/mol. The van der Waals surface area contributed by atoms with Gasteiger partial charge in [-0.15, -0.1) is 0 Å². The zero-order valence-corrected chi connectivity index (χ0v) is 26.4. The van der Waals surface area contributed by atoms with Gasteiger partial charge >= 0.3 is 0 Å². The van der Waals surface area contributed by atoms with Gasteiger partial charge in [0.25, 0.3) is 5.91 Å². The van der Waals surface area contributed by atoms with Gasteiger partial charge in [-0.2, -0.15) is 5.10 Å². The van der Waals surface area contributed by atoms with Crippen LogP contribution in [0.2, 0.25) is 25.7 Å². The second-order valence-corrected chi connectivity index (χ2v) is 17.9. The largest absolute Gasteiger partial charge is 0.497 e. The van der Waals surface area contributed by atoms with Crippen molar-refractivity contribution in [2.24, 2.45) is 0 Å². The molecule has 0 unspecified atom stereocenters. The summed E-state index contributed by atoms with van der Waals surface area (Å²) in [5.74, 6) is 0.589. The van der Waals surface area contributed by atoms with Crippen LogP contribution >= 0.6 is 0 Å². The number of carbonyl (C=O) groups is 1. The summed E-state index contributed by atoms with van der Waals surface area (Å²) in [6.07, 6.45) is 6.09. The van der Waals surface area contributed by atoms with E-state index >= 15 is 0 Å². The topological polar surface area (TPSA) is 68.6 Å². The maximum Gasteiger partial charge on any atom is 0.256 e. The van der Waals surface area contributed by atoms with Crippen molar-refractivity contribution in [3.8, 4) is 5.75 Å². The third-order valence-corrected chi connectivity index (χ3v) is 8.95. The van der Waals surface area contributed by atoms with Crippen LogP contribution in [0.15, 0.2) is 60.7 Å². The molecule has 0 bridgehead atoms. The molecule has 0 spiro atoms. The van der Waals surface area contributed by atoms with Crippen LogP contribution in [0.4, 0.5) is 5.69 Å². The number of benzene rings is 3.